The van der Waals surface area contributed by atoms with Gasteiger partial charge in [0.05, 0.1) is 24.2 Å². The molecule has 1 aliphatic carbocycles. The molecular formula is C30H38N4O2. The van der Waals surface area contributed by atoms with Gasteiger partial charge in [-0.05, 0) is 31.2 Å². The van der Waals surface area contributed by atoms with E-state index in [1.54, 1.807) is 0 Å². The predicted octanol–water partition coefficient (Wildman–Crippen LogP) is 5.12. The Bertz CT molecular complexity index is 1110. The summed E-state index contributed by atoms with van der Waals surface area (Å²) in [6.45, 7) is 5.19. The second-order valence-electron chi connectivity index (χ2n) is 10.0. The SMILES string of the molecule is CCCO[C@H]1CCCC[C@@H]1n1cnc(C(=O)N2CCNC[C@H]2Cc2ccccc2)c1-c1ccccc1. The lowest BCUT2D eigenvalue weighted by atomic mass is 9.91. The highest BCUT2D eigenvalue weighted by molar-refractivity contribution is 5.98. The molecule has 0 spiro atoms. The van der Waals surface area contributed by atoms with Crippen LogP contribution in [0.1, 0.15) is 61.1 Å². The second-order valence-corrected chi connectivity index (χ2v) is 10.0. The summed E-state index contributed by atoms with van der Waals surface area (Å²) in [4.78, 5) is 21.0. The Morgan fingerprint density at radius 1 is 1.06 bits per heavy atom. The summed E-state index contributed by atoms with van der Waals surface area (Å²) in [5.74, 6) is 0.0249. The van der Waals surface area contributed by atoms with E-state index in [2.05, 4.69) is 53.2 Å². The van der Waals surface area contributed by atoms with Crippen molar-refractivity contribution < 1.29 is 9.53 Å². The quantitative estimate of drug-likeness (QED) is 0.480. The molecule has 190 valence electrons. The van der Waals surface area contributed by atoms with Crippen LogP contribution < -0.4 is 5.32 Å². The van der Waals surface area contributed by atoms with Gasteiger partial charge in [-0.1, -0.05) is 80.4 Å². The number of piperazine rings is 1. The highest BCUT2D eigenvalue weighted by Gasteiger charge is 2.34. The molecule has 36 heavy (non-hydrogen) atoms. The fraction of sp³-hybridized carbons (Fsp3) is 0.467. The van der Waals surface area contributed by atoms with E-state index < -0.39 is 0 Å². The molecule has 1 saturated heterocycles. The Kier molecular flexibility index (Phi) is 8.14. The van der Waals surface area contributed by atoms with Crippen LogP contribution in [0, 0.1) is 0 Å². The van der Waals surface area contributed by atoms with E-state index in [9.17, 15) is 4.79 Å². The Morgan fingerprint density at radius 3 is 2.58 bits per heavy atom. The van der Waals surface area contributed by atoms with E-state index in [4.69, 9.17) is 9.72 Å². The van der Waals surface area contributed by atoms with Crippen LogP contribution in [-0.2, 0) is 11.2 Å². The number of hydrogen-bond donors (Lipinski definition) is 1. The Morgan fingerprint density at radius 2 is 1.81 bits per heavy atom. The minimum absolute atomic E-state index is 0.0249. The van der Waals surface area contributed by atoms with Crippen LogP contribution in [0.25, 0.3) is 11.3 Å². The molecule has 2 fully saturated rings. The third-order valence-electron chi connectivity index (χ3n) is 7.53. The van der Waals surface area contributed by atoms with Crippen LogP contribution in [0.4, 0.5) is 0 Å². The van der Waals surface area contributed by atoms with Crippen LogP contribution in [0.2, 0.25) is 0 Å². The molecule has 1 amide bonds. The molecule has 1 N–H and O–H groups in total. The number of ether oxygens (including phenoxy) is 1. The zero-order valence-corrected chi connectivity index (χ0v) is 21.3. The third kappa shape index (κ3) is 5.40. The van der Waals surface area contributed by atoms with E-state index >= 15 is 0 Å². The van der Waals surface area contributed by atoms with Gasteiger partial charge < -0.3 is 19.5 Å². The molecule has 2 heterocycles. The van der Waals surface area contributed by atoms with Crippen LogP contribution in [0.5, 0.6) is 0 Å². The molecule has 5 rings (SSSR count). The van der Waals surface area contributed by atoms with Crippen molar-refractivity contribution in [1.29, 1.82) is 0 Å². The first-order valence-corrected chi connectivity index (χ1v) is 13.6. The highest BCUT2D eigenvalue weighted by Crippen LogP contribution is 2.36. The summed E-state index contributed by atoms with van der Waals surface area (Å²) in [5, 5.41) is 3.48. The fourth-order valence-corrected chi connectivity index (χ4v) is 5.74. The van der Waals surface area contributed by atoms with E-state index in [0.717, 1.165) is 56.6 Å². The molecule has 3 atom stereocenters. The minimum atomic E-state index is 0.0249. The number of nitrogens with zero attached hydrogens (tertiary/aromatic N) is 3. The molecule has 1 aliphatic heterocycles. The number of imidazole rings is 1. The monoisotopic (exact) mass is 486 g/mol. The standard InChI is InChI=1S/C30H38N4O2/c1-2-19-36-27-16-10-9-15-26(27)34-22-32-28(29(34)24-13-7-4-8-14-24)30(35)33-18-17-31-21-25(33)20-23-11-5-3-6-12-23/h3-8,11-14,22,25-27,31H,2,9-10,15-21H2,1H3/t25-,26+,27+/m1/s1. The van der Waals surface area contributed by atoms with Gasteiger partial charge in [0.1, 0.15) is 0 Å². The maximum atomic E-state index is 14.1. The molecule has 0 bridgehead atoms. The Hall–Kier alpha value is -2.96. The van der Waals surface area contributed by atoms with Gasteiger partial charge in [-0.2, -0.15) is 0 Å². The lowest BCUT2D eigenvalue weighted by Crippen LogP contribution is -2.54. The number of rotatable bonds is 8. The van der Waals surface area contributed by atoms with Gasteiger partial charge in [-0.3, -0.25) is 4.79 Å². The van der Waals surface area contributed by atoms with Crippen molar-refractivity contribution in [2.24, 2.45) is 0 Å². The summed E-state index contributed by atoms with van der Waals surface area (Å²) >= 11 is 0. The van der Waals surface area contributed by atoms with Gasteiger partial charge in [0, 0.05) is 37.8 Å². The number of carbonyl (C=O) groups is 1. The average Bonchev–Trinajstić information content (AvgIpc) is 3.38. The van der Waals surface area contributed by atoms with Crippen molar-refractivity contribution in [2.45, 2.75) is 63.6 Å². The van der Waals surface area contributed by atoms with Crippen molar-refractivity contribution in [3.63, 3.8) is 0 Å². The van der Waals surface area contributed by atoms with Gasteiger partial charge >= 0.3 is 0 Å². The summed E-state index contributed by atoms with van der Waals surface area (Å²) < 4.78 is 8.55. The normalized spacial score (nSPS) is 22.5. The molecule has 6 heteroatoms. The summed E-state index contributed by atoms with van der Waals surface area (Å²) in [6.07, 6.45) is 8.34. The second kappa shape index (κ2) is 11.8. The topological polar surface area (TPSA) is 59.4 Å². The lowest BCUT2D eigenvalue weighted by molar-refractivity contribution is -0.00517. The van der Waals surface area contributed by atoms with Gasteiger partial charge in [-0.25, -0.2) is 4.98 Å². The maximum Gasteiger partial charge on any atom is 0.275 e. The number of hydrogen-bond acceptors (Lipinski definition) is 4. The van der Waals surface area contributed by atoms with Crippen molar-refractivity contribution in [3.8, 4) is 11.3 Å². The first-order valence-electron chi connectivity index (χ1n) is 13.6. The summed E-state index contributed by atoms with van der Waals surface area (Å²) in [6, 6.07) is 21.0. The van der Waals surface area contributed by atoms with Crippen molar-refractivity contribution in [1.82, 2.24) is 19.8 Å². The first-order chi connectivity index (χ1) is 17.8. The molecule has 2 aromatic carbocycles. The van der Waals surface area contributed by atoms with Gasteiger partial charge in [-0.15, -0.1) is 0 Å². The Labute approximate surface area is 214 Å². The fourth-order valence-electron chi connectivity index (χ4n) is 5.74. The van der Waals surface area contributed by atoms with Gasteiger partial charge in [0.15, 0.2) is 5.69 Å². The Balaban J connectivity index is 1.49. The molecule has 1 saturated carbocycles. The molecule has 0 unspecified atom stereocenters. The van der Waals surface area contributed by atoms with Crippen molar-refractivity contribution in [3.05, 3.63) is 78.2 Å². The largest absolute Gasteiger partial charge is 0.376 e. The van der Waals surface area contributed by atoms with Crippen molar-refractivity contribution >= 4 is 5.91 Å². The third-order valence-corrected chi connectivity index (χ3v) is 7.53. The van der Waals surface area contributed by atoms with Crippen LogP contribution in [0.3, 0.4) is 0 Å². The average molecular weight is 487 g/mol. The van der Waals surface area contributed by atoms with Crippen LogP contribution in [0.15, 0.2) is 67.0 Å². The number of carbonyl (C=O) groups excluding carboxylic acids is 1. The number of nitrogens with one attached hydrogen (secondary N) is 1. The molecular weight excluding hydrogens is 448 g/mol. The smallest absolute Gasteiger partial charge is 0.275 e. The minimum Gasteiger partial charge on any atom is -0.376 e. The molecule has 3 aromatic rings. The molecule has 0 radical (unpaired) electrons. The van der Waals surface area contributed by atoms with E-state index in [-0.39, 0.29) is 24.1 Å². The van der Waals surface area contributed by atoms with E-state index in [1.807, 2.05) is 35.5 Å². The van der Waals surface area contributed by atoms with E-state index in [1.165, 1.54) is 18.4 Å². The zero-order valence-electron chi connectivity index (χ0n) is 21.3. The van der Waals surface area contributed by atoms with Crippen LogP contribution in [-0.4, -0.2) is 58.7 Å². The van der Waals surface area contributed by atoms with Crippen LogP contribution >= 0.6 is 0 Å². The summed E-state index contributed by atoms with van der Waals surface area (Å²) in [7, 11) is 0. The maximum absolute atomic E-state index is 14.1. The van der Waals surface area contributed by atoms with Gasteiger partial charge in [0.2, 0.25) is 0 Å². The lowest BCUT2D eigenvalue weighted by Gasteiger charge is -2.36. The highest BCUT2D eigenvalue weighted by atomic mass is 16.5. The van der Waals surface area contributed by atoms with Gasteiger partial charge in [0.25, 0.3) is 5.91 Å². The van der Waals surface area contributed by atoms with Crippen molar-refractivity contribution in [2.75, 3.05) is 26.2 Å². The first kappa shape index (κ1) is 24.7. The number of aromatic nitrogens is 2. The number of benzene rings is 2. The summed E-state index contributed by atoms with van der Waals surface area (Å²) in [5.41, 5.74) is 3.76. The molecule has 6 nitrogen and oxygen atoms in total. The molecule has 1 aromatic heterocycles. The molecule has 2 aliphatic rings. The predicted molar refractivity (Wildman–Crippen MR) is 143 cm³/mol. The van der Waals surface area contributed by atoms with E-state index in [0.29, 0.717) is 12.2 Å². The zero-order chi connectivity index (χ0) is 24.7. The number of amides is 1.